The lowest BCUT2D eigenvalue weighted by Crippen LogP contribution is -2.29. The van der Waals surface area contributed by atoms with Gasteiger partial charge in [0.05, 0.1) is 0 Å². The van der Waals surface area contributed by atoms with Crippen LogP contribution in [0.15, 0.2) is 24.3 Å². The van der Waals surface area contributed by atoms with Crippen molar-refractivity contribution in [3.8, 4) is 0 Å². The molecule has 0 bridgehead atoms. The van der Waals surface area contributed by atoms with E-state index in [4.69, 9.17) is 17.3 Å². The van der Waals surface area contributed by atoms with Gasteiger partial charge in [0.15, 0.2) is 0 Å². The molecule has 0 heterocycles. The van der Waals surface area contributed by atoms with Gasteiger partial charge in [-0.1, -0.05) is 29.8 Å². The molecule has 0 amide bonds. The first kappa shape index (κ1) is 12.9. The highest BCUT2D eigenvalue weighted by Crippen LogP contribution is 2.32. The van der Waals surface area contributed by atoms with Crippen molar-refractivity contribution in [2.75, 3.05) is 13.6 Å². The molecule has 94 valence electrons. The predicted octanol–water partition coefficient (Wildman–Crippen LogP) is 2.90. The van der Waals surface area contributed by atoms with Crippen LogP contribution in [0.1, 0.15) is 24.8 Å². The Morgan fingerprint density at radius 2 is 2.12 bits per heavy atom. The second-order valence-electron chi connectivity index (χ2n) is 5.12. The van der Waals surface area contributed by atoms with E-state index in [1.54, 1.807) is 0 Å². The number of nitrogens with two attached hydrogens (primary N) is 1. The number of hydrogen-bond donors (Lipinski definition) is 1. The molecular weight excluding hydrogens is 232 g/mol. The van der Waals surface area contributed by atoms with Crippen molar-refractivity contribution in [2.24, 2.45) is 11.7 Å². The molecule has 1 aromatic carbocycles. The van der Waals surface area contributed by atoms with E-state index >= 15 is 0 Å². The normalized spacial score (nSPS) is 17.4. The molecule has 2 nitrogen and oxygen atoms in total. The summed E-state index contributed by atoms with van der Waals surface area (Å²) in [5.74, 6) is 0.795. The van der Waals surface area contributed by atoms with Crippen molar-refractivity contribution >= 4 is 11.6 Å². The standard InChI is InChI=1S/C14H21ClN2/c1-17(9-8-14(16)11-6-7-11)10-12-4-2-3-5-13(12)15/h2-5,11,14H,6-10,16H2,1H3. The highest BCUT2D eigenvalue weighted by atomic mass is 35.5. The average Bonchev–Trinajstić information content (AvgIpc) is 3.13. The summed E-state index contributed by atoms with van der Waals surface area (Å²) in [6.45, 7) is 1.94. The maximum absolute atomic E-state index is 6.14. The Morgan fingerprint density at radius 1 is 1.41 bits per heavy atom. The van der Waals surface area contributed by atoms with E-state index in [-0.39, 0.29) is 0 Å². The molecule has 2 rings (SSSR count). The van der Waals surface area contributed by atoms with Crippen molar-refractivity contribution in [3.63, 3.8) is 0 Å². The van der Waals surface area contributed by atoms with Gasteiger partial charge in [-0.25, -0.2) is 0 Å². The van der Waals surface area contributed by atoms with Crippen LogP contribution < -0.4 is 5.73 Å². The number of nitrogens with zero attached hydrogens (tertiary/aromatic N) is 1. The van der Waals surface area contributed by atoms with Crippen molar-refractivity contribution in [1.82, 2.24) is 4.90 Å². The molecule has 1 saturated carbocycles. The second kappa shape index (κ2) is 5.85. The topological polar surface area (TPSA) is 29.3 Å². The van der Waals surface area contributed by atoms with Crippen LogP contribution in [0.3, 0.4) is 0 Å². The molecule has 0 spiro atoms. The van der Waals surface area contributed by atoms with Gasteiger partial charge in [-0.05, 0) is 50.4 Å². The molecule has 3 heteroatoms. The first-order valence-corrected chi connectivity index (χ1v) is 6.72. The molecule has 0 saturated heterocycles. The molecule has 1 aliphatic rings. The van der Waals surface area contributed by atoms with Gasteiger partial charge in [0.2, 0.25) is 0 Å². The fraction of sp³-hybridized carbons (Fsp3) is 0.571. The average molecular weight is 253 g/mol. The summed E-state index contributed by atoms with van der Waals surface area (Å²) in [7, 11) is 2.13. The van der Waals surface area contributed by atoms with Gasteiger partial charge in [-0.3, -0.25) is 0 Å². The molecular formula is C14H21ClN2. The predicted molar refractivity (Wildman–Crippen MR) is 73.1 cm³/mol. The summed E-state index contributed by atoms with van der Waals surface area (Å²) in [6.07, 6.45) is 3.75. The molecule has 1 unspecified atom stereocenters. The number of halogens is 1. The Bertz CT molecular complexity index is 363. The van der Waals surface area contributed by atoms with Gasteiger partial charge in [0.25, 0.3) is 0 Å². The van der Waals surface area contributed by atoms with Gasteiger partial charge in [0, 0.05) is 17.6 Å². The smallest absolute Gasteiger partial charge is 0.0451 e. The van der Waals surface area contributed by atoms with Crippen molar-refractivity contribution < 1.29 is 0 Å². The van der Waals surface area contributed by atoms with Gasteiger partial charge >= 0.3 is 0 Å². The van der Waals surface area contributed by atoms with Crippen LogP contribution in [0, 0.1) is 5.92 Å². The van der Waals surface area contributed by atoms with Crippen LogP contribution in [0.25, 0.3) is 0 Å². The van der Waals surface area contributed by atoms with Gasteiger partial charge < -0.3 is 10.6 Å². The lowest BCUT2D eigenvalue weighted by Gasteiger charge is -2.19. The van der Waals surface area contributed by atoms with Crippen molar-refractivity contribution in [1.29, 1.82) is 0 Å². The number of benzene rings is 1. The van der Waals surface area contributed by atoms with E-state index in [9.17, 15) is 0 Å². The van der Waals surface area contributed by atoms with E-state index in [1.165, 1.54) is 18.4 Å². The number of rotatable bonds is 6. The monoisotopic (exact) mass is 252 g/mol. The lowest BCUT2D eigenvalue weighted by molar-refractivity contribution is 0.305. The summed E-state index contributed by atoms with van der Waals surface area (Å²) in [5.41, 5.74) is 7.29. The van der Waals surface area contributed by atoms with Crippen molar-refractivity contribution in [2.45, 2.75) is 31.8 Å². The Kier molecular flexibility index (Phi) is 4.43. The molecule has 0 aromatic heterocycles. The lowest BCUT2D eigenvalue weighted by atomic mass is 10.1. The Hall–Kier alpha value is -0.570. The highest BCUT2D eigenvalue weighted by molar-refractivity contribution is 6.31. The van der Waals surface area contributed by atoms with Crippen LogP contribution in [-0.2, 0) is 6.54 Å². The molecule has 1 fully saturated rings. The SMILES string of the molecule is CN(CCC(N)C1CC1)Cc1ccccc1Cl. The van der Waals surface area contributed by atoms with Crippen LogP contribution in [0.4, 0.5) is 0 Å². The van der Waals surface area contributed by atoms with Crippen LogP contribution in [-0.4, -0.2) is 24.5 Å². The zero-order chi connectivity index (χ0) is 12.3. The van der Waals surface area contributed by atoms with Crippen LogP contribution in [0.2, 0.25) is 5.02 Å². The van der Waals surface area contributed by atoms with E-state index in [0.717, 1.165) is 30.5 Å². The number of hydrogen-bond acceptors (Lipinski definition) is 2. The Morgan fingerprint density at radius 3 is 2.76 bits per heavy atom. The molecule has 2 N–H and O–H groups in total. The summed E-state index contributed by atoms with van der Waals surface area (Å²) < 4.78 is 0. The van der Waals surface area contributed by atoms with Crippen LogP contribution in [0.5, 0.6) is 0 Å². The Labute approximate surface area is 109 Å². The van der Waals surface area contributed by atoms with E-state index in [2.05, 4.69) is 18.0 Å². The summed E-state index contributed by atoms with van der Waals surface area (Å²) in [4.78, 5) is 2.30. The largest absolute Gasteiger partial charge is 0.327 e. The zero-order valence-corrected chi connectivity index (χ0v) is 11.2. The summed E-state index contributed by atoms with van der Waals surface area (Å²) in [5, 5.41) is 0.853. The van der Waals surface area contributed by atoms with Gasteiger partial charge in [-0.2, -0.15) is 0 Å². The third-order valence-corrected chi connectivity index (χ3v) is 3.84. The molecule has 0 aliphatic heterocycles. The molecule has 1 atom stereocenters. The van der Waals surface area contributed by atoms with Crippen LogP contribution >= 0.6 is 11.6 Å². The quantitative estimate of drug-likeness (QED) is 0.844. The van der Waals surface area contributed by atoms with Crippen molar-refractivity contribution in [3.05, 3.63) is 34.9 Å². The second-order valence-corrected chi connectivity index (χ2v) is 5.53. The first-order chi connectivity index (χ1) is 8.16. The minimum absolute atomic E-state index is 0.392. The van der Waals surface area contributed by atoms with E-state index in [0.29, 0.717) is 6.04 Å². The maximum Gasteiger partial charge on any atom is 0.0451 e. The summed E-state index contributed by atoms with van der Waals surface area (Å²) >= 11 is 6.14. The fourth-order valence-corrected chi connectivity index (χ4v) is 2.32. The van der Waals surface area contributed by atoms with E-state index < -0.39 is 0 Å². The minimum atomic E-state index is 0.392. The molecule has 1 aliphatic carbocycles. The first-order valence-electron chi connectivity index (χ1n) is 6.34. The molecule has 1 aromatic rings. The highest BCUT2D eigenvalue weighted by Gasteiger charge is 2.28. The fourth-order valence-electron chi connectivity index (χ4n) is 2.13. The zero-order valence-electron chi connectivity index (χ0n) is 10.4. The summed E-state index contributed by atoms with van der Waals surface area (Å²) in [6, 6.07) is 8.42. The maximum atomic E-state index is 6.14. The third-order valence-electron chi connectivity index (χ3n) is 3.47. The molecule has 0 radical (unpaired) electrons. The Balaban J connectivity index is 1.76. The minimum Gasteiger partial charge on any atom is -0.327 e. The third kappa shape index (κ3) is 3.98. The molecule has 17 heavy (non-hydrogen) atoms. The van der Waals surface area contributed by atoms with Gasteiger partial charge in [-0.15, -0.1) is 0 Å². The van der Waals surface area contributed by atoms with E-state index in [1.807, 2.05) is 18.2 Å². The van der Waals surface area contributed by atoms with Gasteiger partial charge in [0.1, 0.15) is 0 Å².